The number of piperidine rings is 1. The molecule has 2 aromatic rings. The van der Waals surface area contributed by atoms with E-state index in [0.717, 1.165) is 50.4 Å². The summed E-state index contributed by atoms with van der Waals surface area (Å²) in [4.78, 5) is 7.39. The average molecular weight is 394 g/mol. The van der Waals surface area contributed by atoms with Crippen molar-refractivity contribution in [3.8, 4) is 0 Å². The summed E-state index contributed by atoms with van der Waals surface area (Å²) in [5.41, 5.74) is 3.63. The summed E-state index contributed by atoms with van der Waals surface area (Å²) in [5, 5.41) is 9.08. The van der Waals surface area contributed by atoms with Gasteiger partial charge in [0.25, 0.3) is 0 Å². The molecule has 1 aromatic carbocycles. The van der Waals surface area contributed by atoms with Crippen molar-refractivity contribution in [1.29, 1.82) is 0 Å². The molecule has 0 aliphatic carbocycles. The SMILES string of the molecule is CN1CCC2(CC1)Cc1cc(Cl)c(Cl)cc1NC2=NCc1ccsc1. The number of nitrogens with one attached hydrogen (secondary N) is 1. The zero-order valence-corrected chi connectivity index (χ0v) is 16.5. The molecule has 0 saturated carbocycles. The Labute approximate surface area is 162 Å². The summed E-state index contributed by atoms with van der Waals surface area (Å²) >= 11 is 14.2. The van der Waals surface area contributed by atoms with Gasteiger partial charge in [-0.3, -0.25) is 4.99 Å². The maximum Gasteiger partial charge on any atom is 0.108 e. The number of hydrogen-bond donors (Lipinski definition) is 1. The third-order valence-corrected chi connectivity index (χ3v) is 6.83. The van der Waals surface area contributed by atoms with Crippen LogP contribution < -0.4 is 5.32 Å². The molecule has 0 atom stereocenters. The summed E-state index contributed by atoms with van der Waals surface area (Å²) in [6, 6.07) is 6.09. The van der Waals surface area contributed by atoms with E-state index in [9.17, 15) is 0 Å². The average Bonchev–Trinajstić information content (AvgIpc) is 3.11. The number of rotatable bonds is 2. The van der Waals surface area contributed by atoms with Crippen molar-refractivity contribution in [2.45, 2.75) is 25.8 Å². The Kier molecular flexibility index (Phi) is 4.80. The Morgan fingerprint density at radius 3 is 2.72 bits per heavy atom. The summed E-state index contributed by atoms with van der Waals surface area (Å²) < 4.78 is 0. The number of hydrogen-bond acceptors (Lipinski definition) is 3. The molecule has 0 amide bonds. The lowest BCUT2D eigenvalue weighted by Gasteiger charge is -2.45. The van der Waals surface area contributed by atoms with Crippen LogP contribution in [0, 0.1) is 5.41 Å². The molecule has 2 aliphatic rings. The number of halogens is 2. The van der Waals surface area contributed by atoms with E-state index in [4.69, 9.17) is 28.2 Å². The molecule has 25 heavy (non-hydrogen) atoms. The monoisotopic (exact) mass is 393 g/mol. The highest BCUT2D eigenvalue weighted by Gasteiger charge is 2.42. The lowest BCUT2D eigenvalue weighted by molar-refractivity contribution is 0.178. The van der Waals surface area contributed by atoms with E-state index in [1.54, 1.807) is 11.3 Å². The van der Waals surface area contributed by atoms with E-state index in [2.05, 4.69) is 34.1 Å². The zero-order chi connectivity index (χ0) is 17.4. The van der Waals surface area contributed by atoms with Crippen molar-refractivity contribution in [2.24, 2.45) is 10.4 Å². The molecule has 4 rings (SSSR count). The first-order valence-electron chi connectivity index (χ1n) is 8.55. The molecule has 2 aliphatic heterocycles. The molecule has 1 aromatic heterocycles. The Balaban J connectivity index is 1.70. The van der Waals surface area contributed by atoms with Crippen LogP contribution in [-0.4, -0.2) is 30.9 Å². The predicted molar refractivity (Wildman–Crippen MR) is 108 cm³/mol. The van der Waals surface area contributed by atoms with Gasteiger partial charge < -0.3 is 10.2 Å². The fourth-order valence-electron chi connectivity index (χ4n) is 3.78. The summed E-state index contributed by atoms with van der Waals surface area (Å²) in [5.74, 6) is 1.11. The van der Waals surface area contributed by atoms with Gasteiger partial charge in [0.2, 0.25) is 0 Å². The number of nitrogens with zero attached hydrogens (tertiary/aromatic N) is 2. The van der Waals surface area contributed by atoms with Gasteiger partial charge in [-0.25, -0.2) is 0 Å². The van der Waals surface area contributed by atoms with Gasteiger partial charge >= 0.3 is 0 Å². The standard InChI is InChI=1S/C19H21Cl2N3S/c1-24-5-3-19(4-6-24)10-14-8-15(20)16(21)9-17(14)23-18(19)22-11-13-2-7-25-12-13/h2,7-9,12H,3-6,10-11H2,1H3,(H,22,23). The highest BCUT2D eigenvalue weighted by Crippen LogP contribution is 2.44. The minimum Gasteiger partial charge on any atom is -0.343 e. The third-order valence-electron chi connectivity index (χ3n) is 5.37. The van der Waals surface area contributed by atoms with Gasteiger partial charge in [0.15, 0.2) is 0 Å². The molecule has 132 valence electrons. The Bertz CT molecular complexity index is 793. The van der Waals surface area contributed by atoms with E-state index >= 15 is 0 Å². The largest absolute Gasteiger partial charge is 0.343 e. The smallest absolute Gasteiger partial charge is 0.108 e. The normalized spacial score (nSPS) is 21.3. The van der Waals surface area contributed by atoms with Gasteiger partial charge in [0.1, 0.15) is 5.84 Å². The minimum absolute atomic E-state index is 0.0761. The van der Waals surface area contributed by atoms with Crippen molar-refractivity contribution in [2.75, 3.05) is 25.5 Å². The molecule has 0 radical (unpaired) electrons. The number of likely N-dealkylation sites (tertiary alicyclic amines) is 1. The van der Waals surface area contributed by atoms with Crippen molar-refractivity contribution >= 4 is 46.1 Å². The minimum atomic E-state index is 0.0761. The van der Waals surface area contributed by atoms with E-state index in [-0.39, 0.29) is 5.41 Å². The second-order valence-corrected chi connectivity index (χ2v) is 8.70. The third kappa shape index (κ3) is 3.45. The van der Waals surface area contributed by atoms with Crippen LogP contribution in [0.25, 0.3) is 0 Å². The predicted octanol–water partition coefficient (Wildman–Crippen LogP) is 5.33. The molecule has 3 heterocycles. The summed E-state index contributed by atoms with van der Waals surface area (Å²) in [7, 11) is 2.19. The van der Waals surface area contributed by atoms with Crippen molar-refractivity contribution in [1.82, 2.24) is 4.90 Å². The molecule has 1 saturated heterocycles. The van der Waals surface area contributed by atoms with Crippen molar-refractivity contribution in [3.05, 3.63) is 50.1 Å². The number of fused-ring (bicyclic) bond motifs is 1. The number of aliphatic imine (C=N–C) groups is 1. The van der Waals surface area contributed by atoms with E-state index < -0.39 is 0 Å². The number of anilines is 1. The van der Waals surface area contributed by atoms with Crippen LogP contribution in [0.5, 0.6) is 0 Å². The maximum atomic E-state index is 6.26. The molecule has 6 heteroatoms. The van der Waals surface area contributed by atoms with Gasteiger partial charge in [-0.1, -0.05) is 23.2 Å². The number of thiophene rings is 1. The first-order valence-corrected chi connectivity index (χ1v) is 10.3. The Morgan fingerprint density at radius 2 is 2.00 bits per heavy atom. The first kappa shape index (κ1) is 17.3. The van der Waals surface area contributed by atoms with E-state index in [0.29, 0.717) is 10.0 Å². The highest BCUT2D eigenvalue weighted by atomic mass is 35.5. The van der Waals surface area contributed by atoms with Crippen molar-refractivity contribution < 1.29 is 0 Å². The molecular weight excluding hydrogens is 373 g/mol. The molecule has 0 unspecified atom stereocenters. The summed E-state index contributed by atoms with van der Waals surface area (Å²) in [6.07, 6.45) is 3.19. The molecule has 1 N–H and O–H groups in total. The van der Waals surface area contributed by atoms with Crippen LogP contribution >= 0.6 is 34.5 Å². The fourth-order valence-corrected chi connectivity index (χ4v) is 4.79. The lowest BCUT2D eigenvalue weighted by atomic mass is 9.70. The van der Waals surface area contributed by atoms with Crippen LogP contribution in [0.1, 0.15) is 24.0 Å². The van der Waals surface area contributed by atoms with E-state index in [1.165, 1.54) is 11.1 Å². The molecule has 0 bridgehead atoms. The van der Waals surface area contributed by atoms with Crippen LogP contribution in [0.4, 0.5) is 5.69 Å². The van der Waals surface area contributed by atoms with Crippen LogP contribution in [0.3, 0.4) is 0 Å². The van der Waals surface area contributed by atoms with Crippen LogP contribution in [0.15, 0.2) is 34.0 Å². The topological polar surface area (TPSA) is 27.6 Å². The van der Waals surface area contributed by atoms with Gasteiger partial charge in [-0.15, -0.1) is 0 Å². The summed E-state index contributed by atoms with van der Waals surface area (Å²) in [6.45, 7) is 2.91. The fraction of sp³-hybridized carbons (Fsp3) is 0.421. The Morgan fingerprint density at radius 1 is 1.24 bits per heavy atom. The molecular formula is C19H21Cl2N3S. The van der Waals surface area contributed by atoms with Gasteiger partial charge in [-0.05, 0) is 79.5 Å². The number of amidine groups is 1. The number of benzene rings is 1. The Hall–Kier alpha value is -1.07. The first-order chi connectivity index (χ1) is 12.1. The lowest BCUT2D eigenvalue weighted by Crippen LogP contribution is -2.49. The second-order valence-electron chi connectivity index (χ2n) is 7.11. The molecule has 1 fully saturated rings. The van der Waals surface area contributed by atoms with E-state index in [1.807, 2.05) is 12.1 Å². The molecule has 1 spiro atoms. The van der Waals surface area contributed by atoms with Crippen LogP contribution in [-0.2, 0) is 13.0 Å². The van der Waals surface area contributed by atoms with Gasteiger partial charge in [0, 0.05) is 11.1 Å². The van der Waals surface area contributed by atoms with Gasteiger partial charge in [-0.2, -0.15) is 11.3 Å². The second kappa shape index (κ2) is 6.92. The van der Waals surface area contributed by atoms with Crippen LogP contribution in [0.2, 0.25) is 10.0 Å². The quantitative estimate of drug-likeness (QED) is 0.745. The zero-order valence-electron chi connectivity index (χ0n) is 14.2. The maximum absolute atomic E-state index is 6.26. The van der Waals surface area contributed by atoms with Crippen molar-refractivity contribution in [3.63, 3.8) is 0 Å². The molecule has 3 nitrogen and oxygen atoms in total. The highest BCUT2D eigenvalue weighted by molar-refractivity contribution is 7.07. The van der Waals surface area contributed by atoms with Gasteiger partial charge in [0.05, 0.1) is 16.6 Å².